The molecule has 0 aliphatic heterocycles. The van der Waals surface area contributed by atoms with Crippen LogP contribution in [0.2, 0.25) is 0 Å². The average Bonchev–Trinajstić information content (AvgIpc) is 2.49. The lowest BCUT2D eigenvalue weighted by molar-refractivity contribution is 0.0683. The number of halogens is 1. The second-order valence-electron chi connectivity index (χ2n) is 6.08. The molecule has 0 radical (unpaired) electrons. The second kappa shape index (κ2) is 7.87. The predicted molar refractivity (Wildman–Crippen MR) is 83.5 cm³/mol. The number of nitrogens with two attached hydrogens (primary N) is 1. The van der Waals surface area contributed by atoms with Crippen LogP contribution in [0.4, 0.5) is 4.39 Å². The number of hydrogen-bond donors (Lipinski definition) is 2. The van der Waals surface area contributed by atoms with Crippen LogP contribution in [0.5, 0.6) is 0 Å². The van der Waals surface area contributed by atoms with E-state index in [4.69, 9.17) is 5.73 Å². The summed E-state index contributed by atoms with van der Waals surface area (Å²) in [5.41, 5.74) is 6.83. The maximum Gasteiger partial charge on any atom is 0.128 e. The Morgan fingerprint density at radius 2 is 1.95 bits per heavy atom. The van der Waals surface area contributed by atoms with Crippen molar-refractivity contribution in [3.8, 4) is 0 Å². The third kappa shape index (κ3) is 4.02. The van der Waals surface area contributed by atoms with Gasteiger partial charge in [-0.15, -0.1) is 0 Å². The van der Waals surface area contributed by atoms with E-state index in [2.05, 4.69) is 4.90 Å². The van der Waals surface area contributed by atoms with E-state index in [0.717, 1.165) is 12.8 Å². The summed E-state index contributed by atoms with van der Waals surface area (Å²) >= 11 is 0. The molecule has 1 aliphatic rings. The highest BCUT2D eigenvalue weighted by atomic mass is 19.1. The zero-order chi connectivity index (χ0) is 15.2. The lowest BCUT2D eigenvalue weighted by Crippen LogP contribution is -2.47. The van der Waals surface area contributed by atoms with Crippen molar-refractivity contribution >= 4 is 0 Å². The molecular formula is C17H27FN2O. The van der Waals surface area contributed by atoms with E-state index in [9.17, 15) is 9.50 Å². The third-order valence-electron chi connectivity index (χ3n) is 4.48. The summed E-state index contributed by atoms with van der Waals surface area (Å²) in [6.45, 7) is 2.55. The molecule has 3 nitrogen and oxygen atoms in total. The maximum absolute atomic E-state index is 14.2. The lowest BCUT2D eigenvalue weighted by Gasteiger charge is -2.41. The Labute approximate surface area is 126 Å². The zero-order valence-corrected chi connectivity index (χ0v) is 12.8. The summed E-state index contributed by atoms with van der Waals surface area (Å²) < 4.78 is 14.2. The fraction of sp³-hybridized carbons (Fsp3) is 0.647. The summed E-state index contributed by atoms with van der Waals surface area (Å²) in [5, 5.41) is 9.44. The first-order valence-corrected chi connectivity index (χ1v) is 8.01. The molecular weight excluding hydrogens is 267 g/mol. The van der Waals surface area contributed by atoms with Gasteiger partial charge >= 0.3 is 0 Å². The van der Waals surface area contributed by atoms with E-state index < -0.39 is 0 Å². The monoisotopic (exact) mass is 294 g/mol. The molecule has 0 aromatic heterocycles. The van der Waals surface area contributed by atoms with Crippen LogP contribution in [0, 0.1) is 5.82 Å². The topological polar surface area (TPSA) is 49.5 Å². The summed E-state index contributed by atoms with van der Waals surface area (Å²) in [6, 6.07) is 6.89. The highest BCUT2D eigenvalue weighted by Crippen LogP contribution is 2.32. The van der Waals surface area contributed by atoms with Crippen molar-refractivity contribution in [2.75, 3.05) is 13.2 Å². The van der Waals surface area contributed by atoms with Crippen molar-refractivity contribution in [3.63, 3.8) is 0 Å². The predicted octanol–water partition coefficient (Wildman–Crippen LogP) is 2.84. The van der Waals surface area contributed by atoms with Crippen LogP contribution in [0.25, 0.3) is 0 Å². The first-order chi connectivity index (χ1) is 10.1. The van der Waals surface area contributed by atoms with Gasteiger partial charge in [0.15, 0.2) is 0 Å². The second-order valence-corrected chi connectivity index (χ2v) is 6.08. The Morgan fingerprint density at radius 1 is 1.29 bits per heavy atom. The van der Waals surface area contributed by atoms with Crippen molar-refractivity contribution in [3.05, 3.63) is 35.6 Å². The Hall–Kier alpha value is -0.970. The standard InChI is InChI=1S/C17H27FN2O/c1-13(19)17(15-9-5-6-10-16(15)18)20(11-12-21)14-7-3-2-4-8-14/h5-6,9-10,13-14,17,21H,2-4,7-8,11-12,19H2,1H3. The van der Waals surface area contributed by atoms with E-state index in [-0.39, 0.29) is 24.5 Å². The van der Waals surface area contributed by atoms with Gasteiger partial charge in [0.2, 0.25) is 0 Å². The molecule has 3 N–H and O–H groups in total. The Morgan fingerprint density at radius 3 is 2.52 bits per heavy atom. The fourth-order valence-corrected chi connectivity index (χ4v) is 3.56. The molecule has 2 rings (SSSR count). The maximum atomic E-state index is 14.2. The van der Waals surface area contributed by atoms with Crippen LogP contribution in [0.15, 0.2) is 24.3 Å². The average molecular weight is 294 g/mol. The third-order valence-corrected chi connectivity index (χ3v) is 4.48. The van der Waals surface area contributed by atoms with Gasteiger partial charge in [-0.2, -0.15) is 0 Å². The van der Waals surface area contributed by atoms with Gasteiger partial charge in [-0.1, -0.05) is 37.5 Å². The first kappa shape index (κ1) is 16.4. The Balaban J connectivity index is 2.30. The minimum Gasteiger partial charge on any atom is -0.395 e. The SMILES string of the molecule is CC(N)C(c1ccccc1F)N(CCO)C1CCCCC1. The fourth-order valence-electron chi connectivity index (χ4n) is 3.56. The van der Waals surface area contributed by atoms with Crippen LogP contribution in [-0.4, -0.2) is 35.2 Å². The number of nitrogens with zero attached hydrogens (tertiary/aromatic N) is 1. The molecule has 4 heteroatoms. The largest absolute Gasteiger partial charge is 0.395 e. The van der Waals surface area contributed by atoms with E-state index in [1.54, 1.807) is 6.07 Å². The van der Waals surface area contributed by atoms with Crippen LogP contribution in [-0.2, 0) is 0 Å². The molecule has 1 aromatic carbocycles. The number of aliphatic hydroxyl groups excluding tert-OH is 1. The summed E-state index contributed by atoms with van der Waals surface area (Å²) in [6.07, 6.45) is 5.90. The molecule has 0 saturated heterocycles. The molecule has 1 aliphatic carbocycles. The quantitative estimate of drug-likeness (QED) is 0.848. The molecule has 0 bridgehead atoms. The zero-order valence-electron chi connectivity index (χ0n) is 12.8. The molecule has 2 atom stereocenters. The molecule has 21 heavy (non-hydrogen) atoms. The van der Waals surface area contributed by atoms with Crippen molar-refractivity contribution < 1.29 is 9.50 Å². The van der Waals surface area contributed by atoms with Gasteiger partial charge in [-0.25, -0.2) is 4.39 Å². The molecule has 1 fully saturated rings. The molecule has 118 valence electrons. The minimum absolute atomic E-state index is 0.0776. The van der Waals surface area contributed by atoms with Crippen molar-refractivity contribution in [1.29, 1.82) is 0 Å². The Bertz CT molecular complexity index is 433. The van der Waals surface area contributed by atoms with Gasteiger partial charge in [0.25, 0.3) is 0 Å². The number of hydrogen-bond acceptors (Lipinski definition) is 3. The van der Waals surface area contributed by atoms with Crippen LogP contribution in [0.3, 0.4) is 0 Å². The van der Waals surface area contributed by atoms with Crippen LogP contribution in [0.1, 0.15) is 50.6 Å². The van der Waals surface area contributed by atoms with Gasteiger partial charge < -0.3 is 10.8 Å². The molecule has 0 amide bonds. The Kier molecular flexibility index (Phi) is 6.15. The van der Waals surface area contributed by atoms with Gasteiger partial charge in [-0.05, 0) is 25.8 Å². The van der Waals surface area contributed by atoms with E-state index >= 15 is 0 Å². The van der Waals surface area contributed by atoms with Crippen LogP contribution < -0.4 is 5.73 Å². The van der Waals surface area contributed by atoms with E-state index in [1.165, 1.54) is 25.3 Å². The molecule has 1 saturated carbocycles. The normalized spacial score (nSPS) is 19.7. The van der Waals surface area contributed by atoms with Gasteiger partial charge in [-0.3, -0.25) is 4.90 Å². The highest BCUT2D eigenvalue weighted by Gasteiger charge is 2.31. The summed E-state index contributed by atoms with van der Waals surface area (Å²) in [5.74, 6) is -0.210. The summed E-state index contributed by atoms with van der Waals surface area (Å²) in [7, 11) is 0. The molecule has 2 unspecified atom stereocenters. The van der Waals surface area contributed by atoms with Crippen LogP contribution >= 0.6 is 0 Å². The van der Waals surface area contributed by atoms with Crippen molar-refractivity contribution in [2.24, 2.45) is 5.73 Å². The minimum atomic E-state index is -0.210. The molecule has 0 heterocycles. The number of rotatable bonds is 6. The number of aliphatic hydroxyl groups is 1. The van der Waals surface area contributed by atoms with E-state index in [1.807, 2.05) is 19.1 Å². The van der Waals surface area contributed by atoms with Crippen molar-refractivity contribution in [1.82, 2.24) is 4.90 Å². The molecule has 1 aromatic rings. The van der Waals surface area contributed by atoms with Gasteiger partial charge in [0.1, 0.15) is 5.82 Å². The van der Waals surface area contributed by atoms with Crippen molar-refractivity contribution in [2.45, 2.75) is 57.2 Å². The van der Waals surface area contributed by atoms with Gasteiger partial charge in [0.05, 0.1) is 12.6 Å². The highest BCUT2D eigenvalue weighted by molar-refractivity contribution is 5.23. The summed E-state index contributed by atoms with van der Waals surface area (Å²) in [4.78, 5) is 2.22. The van der Waals surface area contributed by atoms with E-state index in [0.29, 0.717) is 18.2 Å². The molecule has 0 spiro atoms. The van der Waals surface area contributed by atoms with Gasteiger partial charge in [0, 0.05) is 24.2 Å². The number of benzene rings is 1. The first-order valence-electron chi connectivity index (χ1n) is 8.01. The lowest BCUT2D eigenvalue weighted by atomic mass is 9.90. The smallest absolute Gasteiger partial charge is 0.128 e.